The molecule has 0 bridgehead atoms. The highest BCUT2D eigenvalue weighted by Crippen LogP contribution is 2.28. The van der Waals surface area contributed by atoms with Crippen molar-refractivity contribution in [2.75, 3.05) is 24.6 Å². The lowest BCUT2D eigenvalue weighted by molar-refractivity contribution is 0.0821. The molecule has 1 heterocycles. The molecule has 1 fully saturated rings. The van der Waals surface area contributed by atoms with E-state index in [-0.39, 0.29) is 11.9 Å². The Labute approximate surface area is 116 Å². The molecule has 1 aromatic rings. The van der Waals surface area contributed by atoms with Crippen molar-refractivity contribution < 1.29 is 4.74 Å². The Morgan fingerprint density at radius 1 is 1.56 bits per heavy atom. The summed E-state index contributed by atoms with van der Waals surface area (Å²) >= 11 is 3.56. The summed E-state index contributed by atoms with van der Waals surface area (Å²) in [4.78, 5) is 2.31. The summed E-state index contributed by atoms with van der Waals surface area (Å²) in [6.45, 7) is 4.79. The number of hydrogen-bond donors (Lipinski definition) is 2. The predicted molar refractivity (Wildman–Crippen MR) is 77.4 cm³/mol. The summed E-state index contributed by atoms with van der Waals surface area (Å²) < 4.78 is 6.62. The van der Waals surface area contributed by atoms with Gasteiger partial charge in [0.1, 0.15) is 5.84 Å². The molecular weight excluding hydrogens is 294 g/mol. The van der Waals surface area contributed by atoms with Crippen molar-refractivity contribution >= 4 is 27.5 Å². The van der Waals surface area contributed by atoms with Gasteiger partial charge in [-0.15, -0.1) is 0 Å². The van der Waals surface area contributed by atoms with E-state index in [4.69, 9.17) is 15.9 Å². The van der Waals surface area contributed by atoms with Gasteiger partial charge in [-0.3, -0.25) is 5.41 Å². The molecule has 4 nitrogen and oxygen atoms in total. The fraction of sp³-hybridized carbons (Fsp3) is 0.462. The standard InChI is InChI=1S/C13H18BrN3O/c1-9-8-17(5-2-6-18-9)12-4-3-10(13(15)16)7-11(12)14/h3-4,7,9H,2,5-6,8H2,1H3,(H3,15,16). The maximum Gasteiger partial charge on any atom is 0.122 e. The van der Waals surface area contributed by atoms with Crippen LogP contribution in [0.2, 0.25) is 0 Å². The molecule has 5 heteroatoms. The minimum Gasteiger partial charge on any atom is -0.384 e. The van der Waals surface area contributed by atoms with Gasteiger partial charge in [-0.1, -0.05) is 0 Å². The average Bonchev–Trinajstić information content (AvgIpc) is 2.53. The Morgan fingerprint density at radius 2 is 2.33 bits per heavy atom. The average molecular weight is 312 g/mol. The third kappa shape index (κ3) is 3.03. The summed E-state index contributed by atoms with van der Waals surface area (Å²) in [6, 6.07) is 5.80. The zero-order chi connectivity index (χ0) is 13.1. The predicted octanol–water partition coefficient (Wildman–Crippen LogP) is 2.35. The van der Waals surface area contributed by atoms with Crippen LogP contribution >= 0.6 is 15.9 Å². The number of halogens is 1. The van der Waals surface area contributed by atoms with Gasteiger partial charge >= 0.3 is 0 Å². The van der Waals surface area contributed by atoms with E-state index in [9.17, 15) is 0 Å². The summed E-state index contributed by atoms with van der Waals surface area (Å²) in [6.07, 6.45) is 1.28. The smallest absolute Gasteiger partial charge is 0.122 e. The third-order valence-electron chi connectivity index (χ3n) is 3.05. The van der Waals surface area contributed by atoms with Crippen LogP contribution in [0.15, 0.2) is 22.7 Å². The molecule has 18 heavy (non-hydrogen) atoms. The molecule has 2 rings (SSSR count). The van der Waals surface area contributed by atoms with E-state index in [2.05, 4.69) is 27.8 Å². The van der Waals surface area contributed by atoms with Gasteiger partial charge in [0.15, 0.2) is 0 Å². The molecule has 1 unspecified atom stereocenters. The first-order valence-electron chi connectivity index (χ1n) is 6.08. The number of nitrogens with zero attached hydrogens (tertiary/aromatic N) is 1. The highest BCUT2D eigenvalue weighted by molar-refractivity contribution is 9.10. The summed E-state index contributed by atoms with van der Waals surface area (Å²) in [5, 5.41) is 7.44. The second kappa shape index (κ2) is 5.71. The number of amidine groups is 1. The molecule has 98 valence electrons. The number of nitrogen functional groups attached to an aromatic ring is 1. The molecule has 1 saturated heterocycles. The van der Waals surface area contributed by atoms with Crippen LogP contribution in [0.1, 0.15) is 18.9 Å². The zero-order valence-corrected chi connectivity index (χ0v) is 12.0. The van der Waals surface area contributed by atoms with Crippen LogP contribution in [0.3, 0.4) is 0 Å². The first kappa shape index (κ1) is 13.4. The summed E-state index contributed by atoms with van der Waals surface area (Å²) in [5.74, 6) is 0.0924. The Kier molecular flexibility index (Phi) is 4.24. The molecule has 0 amide bonds. The van der Waals surface area contributed by atoms with Crippen molar-refractivity contribution in [3.8, 4) is 0 Å². The van der Waals surface area contributed by atoms with Gasteiger partial charge in [-0.25, -0.2) is 0 Å². The van der Waals surface area contributed by atoms with Crippen molar-refractivity contribution in [3.63, 3.8) is 0 Å². The van der Waals surface area contributed by atoms with Gasteiger partial charge < -0.3 is 15.4 Å². The lowest BCUT2D eigenvalue weighted by atomic mass is 10.1. The maximum atomic E-state index is 7.44. The Bertz CT molecular complexity index is 450. The molecule has 1 aliphatic rings. The van der Waals surface area contributed by atoms with Crippen molar-refractivity contribution in [2.24, 2.45) is 5.73 Å². The van der Waals surface area contributed by atoms with Crippen molar-refractivity contribution in [2.45, 2.75) is 19.4 Å². The molecule has 0 aromatic heterocycles. The van der Waals surface area contributed by atoms with E-state index in [1.807, 2.05) is 18.2 Å². The van der Waals surface area contributed by atoms with E-state index in [1.54, 1.807) is 0 Å². The minimum atomic E-state index is 0.0924. The van der Waals surface area contributed by atoms with Crippen LogP contribution in [0.4, 0.5) is 5.69 Å². The summed E-state index contributed by atoms with van der Waals surface area (Å²) in [5.41, 5.74) is 7.36. The molecule has 0 aliphatic carbocycles. The lowest BCUT2D eigenvalue weighted by Gasteiger charge is -2.25. The highest BCUT2D eigenvalue weighted by atomic mass is 79.9. The van der Waals surface area contributed by atoms with Gasteiger partial charge in [-0.05, 0) is 47.5 Å². The molecule has 1 aliphatic heterocycles. The number of ether oxygens (including phenoxy) is 1. The first-order chi connectivity index (χ1) is 8.58. The van der Waals surface area contributed by atoms with Gasteiger partial charge in [0.05, 0.1) is 11.8 Å². The van der Waals surface area contributed by atoms with Crippen LogP contribution in [-0.2, 0) is 4.74 Å². The maximum absolute atomic E-state index is 7.44. The molecule has 0 spiro atoms. The highest BCUT2D eigenvalue weighted by Gasteiger charge is 2.17. The number of nitrogens with two attached hydrogens (primary N) is 1. The number of anilines is 1. The fourth-order valence-electron chi connectivity index (χ4n) is 2.14. The van der Waals surface area contributed by atoms with Gasteiger partial charge in [0.2, 0.25) is 0 Å². The number of benzene rings is 1. The Balaban J connectivity index is 2.24. The van der Waals surface area contributed by atoms with Crippen molar-refractivity contribution in [1.82, 2.24) is 0 Å². The third-order valence-corrected chi connectivity index (χ3v) is 3.69. The van der Waals surface area contributed by atoms with Gasteiger partial charge in [0, 0.05) is 29.7 Å². The quantitative estimate of drug-likeness (QED) is 0.651. The first-order valence-corrected chi connectivity index (χ1v) is 6.87. The second-order valence-corrected chi connectivity index (χ2v) is 5.42. The van der Waals surface area contributed by atoms with E-state index in [1.165, 1.54) is 0 Å². The normalized spacial score (nSPS) is 20.6. The van der Waals surface area contributed by atoms with Crippen molar-refractivity contribution in [3.05, 3.63) is 28.2 Å². The SMILES string of the molecule is CC1CN(c2ccc(C(=N)N)cc2Br)CCCO1. The van der Waals surface area contributed by atoms with Crippen LogP contribution in [0, 0.1) is 5.41 Å². The molecule has 3 N–H and O–H groups in total. The van der Waals surface area contributed by atoms with Crippen LogP contribution in [0.5, 0.6) is 0 Å². The minimum absolute atomic E-state index is 0.0924. The summed E-state index contributed by atoms with van der Waals surface area (Å²) in [7, 11) is 0. The number of hydrogen-bond acceptors (Lipinski definition) is 3. The van der Waals surface area contributed by atoms with Gasteiger partial charge in [0.25, 0.3) is 0 Å². The topological polar surface area (TPSA) is 62.3 Å². The van der Waals surface area contributed by atoms with E-state index < -0.39 is 0 Å². The van der Waals surface area contributed by atoms with Crippen LogP contribution in [0.25, 0.3) is 0 Å². The fourth-order valence-corrected chi connectivity index (χ4v) is 2.77. The molecule has 0 radical (unpaired) electrons. The number of nitrogens with one attached hydrogen (secondary N) is 1. The van der Waals surface area contributed by atoms with Crippen LogP contribution < -0.4 is 10.6 Å². The van der Waals surface area contributed by atoms with Gasteiger partial charge in [-0.2, -0.15) is 0 Å². The van der Waals surface area contributed by atoms with Crippen LogP contribution in [-0.4, -0.2) is 31.6 Å². The molecule has 0 saturated carbocycles. The lowest BCUT2D eigenvalue weighted by Crippen LogP contribution is -2.30. The Hall–Kier alpha value is -1.07. The van der Waals surface area contributed by atoms with E-state index >= 15 is 0 Å². The molecule has 1 atom stereocenters. The monoisotopic (exact) mass is 311 g/mol. The molecule has 1 aromatic carbocycles. The van der Waals surface area contributed by atoms with E-state index in [0.717, 1.165) is 41.8 Å². The second-order valence-electron chi connectivity index (χ2n) is 4.56. The largest absolute Gasteiger partial charge is 0.384 e. The number of rotatable bonds is 2. The van der Waals surface area contributed by atoms with Crippen molar-refractivity contribution in [1.29, 1.82) is 5.41 Å². The molecular formula is C13H18BrN3O. The Morgan fingerprint density at radius 3 is 3.00 bits per heavy atom. The van der Waals surface area contributed by atoms with E-state index in [0.29, 0.717) is 0 Å². The zero-order valence-electron chi connectivity index (χ0n) is 10.4.